The Kier molecular flexibility index (Phi) is 3.55. The van der Waals surface area contributed by atoms with Crippen LogP contribution in [-0.4, -0.2) is 25.6 Å². The van der Waals surface area contributed by atoms with Gasteiger partial charge < -0.3 is 10.6 Å². The number of nitrogens with zero attached hydrogens (tertiary/aromatic N) is 1. The Balaban J connectivity index is 1.72. The van der Waals surface area contributed by atoms with Crippen molar-refractivity contribution in [3.05, 3.63) is 35.4 Å². The maximum absolute atomic E-state index is 12.8. The van der Waals surface area contributed by atoms with Gasteiger partial charge in [0.1, 0.15) is 0 Å². The van der Waals surface area contributed by atoms with Crippen molar-refractivity contribution < 1.29 is 13.2 Å². The van der Waals surface area contributed by atoms with Crippen LogP contribution in [0.25, 0.3) is 0 Å². The van der Waals surface area contributed by atoms with Crippen LogP contribution in [0.5, 0.6) is 0 Å². The number of nitrogens with one attached hydrogen (secondary N) is 2. The summed E-state index contributed by atoms with van der Waals surface area (Å²) in [5.41, 5.74) is 0.0174. The predicted octanol–water partition coefficient (Wildman–Crippen LogP) is 2.68. The Hall–Kier alpha value is -1.72. The van der Waals surface area contributed by atoms with Gasteiger partial charge in [0.25, 0.3) is 0 Å². The van der Waals surface area contributed by atoms with E-state index in [1.807, 2.05) is 0 Å². The van der Waals surface area contributed by atoms with E-state index >= 15 is 0 Å². The van der Waals surface area contributed by atoms with Crippen molar-refractivity contribution in [2.45, 2.75) is 30.9 Å². The molecule has 3 rings (SSSR count). The van der Waals surface area contributed by atoms with Crippen LogP contribution in [0, 0.1) is 0 Å². The molecule has 0 unspecified atom stereocenters. The van der Waals surface area contributed by atoms with Crippen LogP contribution in [0.15, 0.2) is 29.3 Å². The number of alkyl halides is 3. The maximum atomic E-state index is 12.8. The fourth-order valence-electron chi connectivity index (χ4n) is 2.65. The number of aliphatic imine (C=N–C) groups is 1. The first-order chi connectivity index (χ1) is 10.00. The van der Waals surface area contributed by atoms with Crippen molar-refractivity contribution in [1.82, 2.24) is 10.6 Å². The Morgan fingerprint density at radius 1 is 1.29 bits per heavy atom. The highest BCUT2D eigenvalue weighted by molar-refractivity contribution is 5.80. The molecular weight excluding hydrogens is 279 g/mol. The zero-order valence-electron chi connectivity index (χ0n) is 11.6. The molecule has 2 N–H and O–H groups in total. The largest absolute Gasteiger partial charge is 0.416 e. The van der Waals surface area contributed by atoms with Gasteiger partial charge in [-0.15, -0.1) is 0 Å². The van der Waals surface area contributed by atoms with Gasteiger partial charge >= 0.3 is 6.18 Å². The monoisotopic (exact) mass is 297 g/mol. The van der Waals surface area contributed by atoms with Crippen LogP contribution in [0.1, 0.15) is 30.4 Å². The van der Waals surface area contributed by atoms with Crippen LogP contribution in [0.4, 0.5) is 13.2 Å². The van der Waals surface area contributed by atoms with Crippen LogP contribution >= 0.6 is 0 Å². The molecule has 21 heavy (non-hydrogen) atoms. The minimum absolute atomic E-state index is 0.178. The third-order valence-electron chi connectivity index (χ3n) is 4.15. The SMILES string of the molecule is FC(F)(F)c1cccc(C2(CNC3=NCCCN3)CC2)c1. The molecule has 1 aliphatic carbocycles. The lowest BCUT2D eigenvalue weighted by Gasteiger charge is -2.21. The van der Waals surface area contributed by atoms with Gasteiger partial charge in [-0.2, -0.15) is 13.2 Å². The summed E-state index contributed by atoms with van der Waals surface area (Å²) in [6.07, 6.45) is -1.44. The molecule has 1 aromatic rings. The smallest absolute Gasteiger partial charge is 0.356 e. The fraction of sp³-hybridized carbons (Fsp3) is 0.533. The summed E-state index contributed by atoms with van der Waals surface area (Å²) in [5, 5.41) is 6.40. The second kappa shape index (κ2) is 5.24. The van der Waals surface area contributed by atoms with E-state index in [0.717, 1.165) is 49.9 Å². The molecule has 0 bridgehead atoms. The van der Waals surface area contributed by atoms with Crippen molar-refractivity contribution in [1.29, 1.82) is 0 Å². The summed E-state index contributed by atoms with van der Waals surface area (Å²) in [5.74, 6) is 0.763. The molecule has 1 fully saturated rings. The van der Waals surface area contributed by atoms with E-state index in [9.17, 15) is 13.2 Å². The average Bonchev–Trinajstić information content (AvgIpc) is 3.27. The zero-order valence-corrected chi connectivity index (χ0v) is 11.6. The van der Waals surface area contributed by atoms with Crippen LogP contribution in [0.3, 0.4) is 0 Å². The Bertz CT molecular complexity index is 547. The molecular formula is C15H18F3N3. The molecule has 2 aliphatic rings. The first kappa shape index (κ1) is 14.2. The van der Waals surface area contributed by atoms with Gasteiger partial charge in [0.2, 0.25) is 0 Å². The Morgan fingerprint density at radius 2 is 2.10 bits per heavy atom. The summed E-state index contributed by atoms with van der Waals surface area (Å²) in [6.45, 7) is 2.31. The minimum Gasteiger partial charge on any atom is -0.356 e. The summed E-state index contributed by atoms with van der Waals surface area (Å²) in [7, 11) is 0. The number of guanidine groups is 1. The van der Waals surface area contributed by atoms with Gasteiger partial charge in [-0.25, -0.2) is 0 Å². The van der Waals surface area contributed by atoms with Gasteiger partial charge in [0.15, 0.2) is 5.96 Å². The molecule has 114 valence electrons. The van der Waals surface area contributed by atoms with Crippen molar-refractivity contribution in [3.63, 3.8) is 0 Å². The number of halogens is 3. The van der Waals surface area contributed by atoms with E-state index in [1.54, 1.807) is 6.07 Å². The summed E-state index contributed by atoms with van der Waals surface area (Å²) in [4.78, 5) is 4.33. The summed E-state index contributed by atoms with van der Waals surface area (Å²) in [6, 6.07) is 5.69. The highest BCUT2D eigenvalue weighted by Crippen LogP contribution is 2.48. The number of hydrogen-bond acceptors (Lipinski definition) is 3. The van der Waals surface area contributed by atoms with E-state index in [2.05, 4.69) is 15.6 Å². The summed E-state index contributed by atoms with van der Waals surface area (Å²) < 4.78 is 38.4. The number of rotatable bonds is 3. The molecule has 0 aromatic heterocycles. The normalized spacial score (nSPS) is 20.4. The maximum Gasteiger partial charge on any atom is 0.416 e. The summed E-state index contributed by atoms with van der Waals surface area (Å²) >= 11 is 0. The van der Waals surface area contributed by atoms with Crippen molar-refractivity contribution in [2.24, 2.45) is 4.99 Å². The van der Waals surface area contributed by atoms with Gasteiger partial charge in [0, 0.05) is 25.0 Å². The van der Waals surface area contributed by atoms with Crippen molar-refractivity contribution in [2.75, 3.05) is 19.6 Å². The highest BCUT2D eigenvalue weighted by atomic mass is 19.4. The quantitative estimate of drug-likeness (QED) is 0.900. The number of hydrogen-bond donors (Lipinski definition) is 2. The lowest BCUT2D eigenvalue weighted by molar-refractivity contribution is -0.137. The Labute approximate surface area is 121 Å². The second-order valence-corrected chi connectivity index (χ2v) is 5.72. The van der Waals surface area contributed by atoms with Gasteiger partial charge in [-0.05, 0) is 30.9 Å². The molecule has 0 atom stereocenters. The lowest BCUT2D eigenvalue weighted by atomic mass is 9.94. The third-order valence-corrected chi connectivity index (χ3v) is 4.15. The first-order valence-corrected chi connectivity index (χ1v) is 7.20. The minimum atomic E-state index is -4.28. The second-order valence-electron chi connectivity index (χ2n) is 5.72. The third kappa shape index (κ3) is 3.14. The highest BCUT2D eigenvalue weighted by Gasteiger charge is 2.45. The van der Waals surface area contributed by atoms with Crippen LogP contribution in [-0.2, 0) is 11.6 Å². The van der Waals surface area contributed by atoms with E-state index in [-0.39, 0.29) is 5.41 Å². The van der Waals surface area contributed by atoms with E-state index in [4.69, 9.17) is 0 Å². The molecule has 0 radical (unpaired) electrons. The Morgan fingerprint density at radius 3 is 2.71 bits per heavy atom. The zero-order chi connectivity index (χ0) is 14.9. The molecule has 0 amide bonds. The molecule has 1 heterocycles. The van der Waals surface area contributed by atoms with E-state index in [0.29, 0.717) is 6.54 Å². The molecule has 6 heteroatoms. The first-order valence-electron chi connectivity index (χ1n) is 7.20. The van der Waals surface area contributed by atoms with Gasteiger partial charge in [-0.3, -0.25) is 4.99 Å². The molecule has 3 nitrogen and oxygen atoms in total. The molecule has 1 aliphatic heterocycles. The predicted molar refractivity (Wildman–Crippen MR) is 75.3 cm³/mol. The topological polar surface area (TPSA) is 36.4 Å². The van der Waals surface area contributed by atoms with Gasteiger partial charge in [-0.1, -0.05) is 18.2 Å². The van der Waals surface area contributed by atoms with Crippen LogP contribution < -0.4 is 10.6 Å². The molecule has 0 spiro atoms. The van der Waals surface area contributed by atoms with E-state index < -0.39 is 11.7 Å². The lowest BCUT2D eigenvalue weighted by Crippen LogP contribution is -2.43. The van der Waals surface area contributed by atoms with Gasteiger partial charge in [0.05, 0.1) is 5.56 Å². The molecule has 0 saturated heterocycles. The van der Waals surface area contributed by atoms with Crippen molar-refractivity contribution >= 4 is 5.96 Å². The fourth-order valence-corrected chi connectivity index (χ4v) is 2.65. The van der Waals surface area contributed by atoms with Crippen LogP contribution in [0.2, 0.25) is 0 Å². The number of benzene rings is 1. The standard InChI is InChI=1S/C15H18F3N3/c16-15(17,18)12-4-1-3-11(9-12)14(5-6-14)10-21-13-19-7-2-8-20-13/h1,3-4,9H,2,5-8,10H2,(H2,19,20,21). The van der Waals surface area contributed by atoms with Crippen molar-refractivity contribution in [3.8, 4) is 0 Å². The molecule has 1 aromatic carbocycles. The average molecular weight is 297 g/mol. The molecule has 1 saturated carbocycles. The van der Waals surface area contributed by atoms with E-state index in [1.165, 1.54) is 12.1 Å².